The van der Waals surface area contributed by atoms with Crippen molar-refractivity contribution in [3.05, 3.63) is 23.8 Å². The van der Waals surface area contributed by atoms with Crippen LogP contribution in [0.4, 0.5) is 0 Å². The summed E-state index contributed by atoms with van der Waals surface area (Å²) in [5, 5.41) is 0.109. The molecule has 0 radical (unpaired) electrons. The van der Waals surface area contributed by atoms with Crippen LogP contribution in [0.3, 0.4) is 0 Å². The van der Waals surface area contributed by atoms with Crippen molar-refractivity contribution >= 4 is 27.6 Å². The summed E-state index contributed by atoms with van der Waals surface area (Å²) in [6, 6.07) is 5.72. The van der Waals surface area contributed by atoms with Crippen LogP contribution < -0.4 is 14.2 Å². The molecule has 9 heteroatoms. The van der Waals surface area contributed by atoms with Gasteiger partial charge in [-0.05, 0) is 75.1 Å². The molecule has 0 bridgehead atoms. The van der Waals surface area contributed by atoms with Gasteiger partial charge in [0.25, 0.3) is 0 Å². The SMILES string of the molecule is CC(C)(C)S(=O)NC(Cc1cccc2c1OCO2)C(CO[Si](C)(C)C(C)(C)C)O[Si](C)(C)C(C)(C)C. The minimum atomic E-state index is -2.17. The fraction of sp³-hybridized carbons (Fsp3) is 0.778. The zero-order valence-corrected chi connectivity index (χ0v) is 27.8. The third-order valence-electron chi connectivity index (χ3n) is 7.85. The normalized spacial score (nSPS) is 17.7. The smallest absolute Gasteiger partial charge is 0.231 e. The molecular weight excluding hydrogens is 507 g/mol. The molecule has 0 fully saturated rings. The maximum atomic E-state index is 13.4. The first-order valence-corrected chi connectivity index (χ1v) is 20.0. The minimum absolute atomic E-state index is 0.0287. The Labute approximate surface area is 225 Å². The number of ether oxygens (including phenoxy) is 2. The highest BCUT2D eigenvalue weighted by Crippen LogP contribution is 2.41. The Kier molecular flexibility index (Phi) is 9.78. The summed E-state index contributed by atoms with van der Waals surface area (Å²) in [7, 11) is -5.48. The number of rotatable bonds is 10. The van der Waals surface area contributed by atoms with Crippen LogP contribution in [0.1, 0.15) is 67.9 Å². The van der Waals surface area contributed by atoms with E-state index < -0.39 is 32.4 Å². The number of benzene rings is 1. The zero-order chi connectivity index (χ0) is 27.7. The molecule has 208 valence electrons. The van der Waals surface area contributed by atoms with Crippen molar-refractivity contribution in [1.82, 2.24) is 4.72 Å². The van der Waals surface area contributed by atoms with Crippen LogP contribution >= 0.6 is 0 Å². The molecule has 1 aliphatic heterocycles. The van der Waals surface area contributed by atoms with E-state index in [4.69, 9.17) is 18.3 Å². The Morgan fingerprint density at radius 2 is 1.53 bits per heavy atom. The van der Waals surface area contributed by atoms with Crippen LogP contribution in [-0.2, 0) is 26.3 Å². The Morgan fingerprint density at radius 1 is 0.944 bits per heavy atom. The molecule has 3 atom stereocenters. The van der Waals surface area contributed by atoms with Gasteiger partial charge in [-0.1, -0.05) is 53.7 Å². The molecule has 1 N–H and O–H groups in total. The molecule has 1 aromatic rings. The summed E-state index contributed by atoms with van der Waals surface area (Å²) in [4.78, 5) is 0. The van der Waals surface area contributed by atoms with Crippen molar-refractivity contribution in [2.45, 2.75) is 122 Å². The molecule has 2 rings (SSSR count). The lowest BCUT2D eigenvalue weighted by molar-refractivity contribution is 0.0820. The highest BCUT2D eigenvalue weighted by atomic mass is 32.2. The molecule has 1 aromatic carbocycles. The fourth-order valence-electron chi connectivity index (χ4n) is 3.25. The average molecular weight is 558 g/mol. The van der Waals surface area contributed by atoms with E-state index in [0.717, 1.165) is 17.1 Å². The molecule has 1 heterocycles. The number of hydrogen-bond donors (Lipinski definition) is 1. The van der Waals surface area contributed by atoms with Gasteiger partial charge in [0.1, 0.15) is 0 Å². The Balaban J connectivity index is 2.49. The second-order valence-electron chi connectivity index (χ2n) is 13.9. The zero-order valence-electron chi connectivity index (χ0n) is 25.0. The Bertz CT molecular complexity index is 916. The van der Waals surface area contributed by atoms with Gasteiger partial charge in [-0.2, -0.15) is 0 Å². The van der Waals surface area contributed by atoms with E-state index in [1.54, 1.807) is 0 Å². The van der Waals surface area contributed by atoms with Crippen LogP contribution in [0.15, 0.2) is 18.2 Å². The van der Waals surface area contributed by atoms with Gasteiger partial charge in [0.15, 0.2) is 28.1 Å². The van der Waals surface area contributed by atoms with Crippen LogP contribution in [-0.4, -0.2) is 51.1 Å². The Morgan fingerprint density at radius 3 is 2.06 bits per heavy atom. The van der Waals surface area contributed by atoms with Crippen molar-refractivity contribution in [2.75, 3.05) is 13.4 Å². The van der Waals surface area contributed by atoms with E-state index in [-0.39, 0.29) is 29.0 Å². The van der Waals surface area contributed by atoms with Crippen LogP contribution in [0.2, 0.25) is 36.3 Å². The maximum Gasteiger partial charge on any atom is 0.231 e. The average Bonchev–Trinajstić information content (AvgIpc) is 3.18. The summed E-state index contributed by atoms with van der Waals surface area (Å²) >= 11 is 0. The largest absolute Gasteiger partial charge is 0.454 e. The van der Waals surface area contributed by atoms with Gasteiger partial charge in [0.2, 0.25) is 6.79 Å². The van der Waals surface area contributed by atoms with E-state index in [1.165, 1.54) is 0 Å². The summed E-state index contributed by atoms with van der Waals surface area (Å²) in [5.74, 6) is 1.52. The Hall–Kier alpha value is -0.716. The predicted octanol–water partition coefficient (Wildman–Crippen LogP) is 6.79. The molecule has 0 saturated carbocycles. The molecule has 0 aromatic heterocycles. The van der Waals surface area contributed by atoms with Crippen LogP contribution in [0.5, 0.6) is 11.5 Å². The minimum Gasteiger partial charge on any atom is -0.454 e. The van der Waals surface area contributed by atoms with Crippen molar-refractivity contribution < 1.29 is 22.5 Å². The fourth-order valence-corrected chi connectivity index (χ4v) is 6.47. The monoisotopic (exact) mass is 557 g/mol. The molecule has 6 nitrogen and oxygen atoms in total. The summed E-state index contributed by atoms with van der Waals surface area (Å²) in [6.45, 7) is 29.2. The first-order valence-electron chi connectivity index (χ1n) is 13.0. The summed E-state index contributed by atoms with van der Waals surface area (Å²) < 4.78 is 41.6. The number of hydrogen-bond acceptors (Lipinski definition) is 5. The number of fused-ring (bicyclic) bond motifs is 1. The van der Waals surface area contributed by atoms with E-state index in [1.807, 2.05) is 32.9 Å². The van der Waals surface area contributed by atoms with E-state index in [0.29, 0.717) is 13.0 Å². The summed E-state index contributed by atoms with van der Waals surface area (Å²) in [5.41, 5.74) is 1.02. The van der Waals surface area contributed by atoms with E-state index in [2.05, 4.69) is 78.5 Å². The molecule has 0 amide bonds. The topological polar surface area (TPSA) is 66.0 Å². The van der Waals surface area contributed by atoms with Gasteiger partial charge in [-0.15, -0.1) is 0 Å². The standard InChI is InChI=1S/C27H51NO5SSi2/c1-25(2,3)34(29)28-21(17-20-15-14-16-22-24(20)31-19-30-22)23(33-36(12,13)27(7,8)9)18-32-35(10,11)26(4,5)6/h14-16,21,23,28H,17-19H2,1-13H3. The van der Waals surface area contributed by atoms with Gasteiger partial charge >= 0.3 is 0 Å². The first kappa shape index (κ1) is 31.5. The molecular formula is C27H51NO5SSi2. The summed E-state index contributed by atoms with van der Waals surface area (Å²) in [6.07, 6.45) is 0.318. The van der Waals surface area contributed by atoms with Gasteiger partial charge in [0.05, 0.1) is 34.5 Å². The lowest BCUT2D eigenvalue weighted by atomic mass is 10.0. The third-order valence-corrected chi connectivity index (χ3v) is 18.5. The second kappa shape index (κ2) is 11.2. The highest BCUT2D eigenvalue weighted by molar-refractivity contribution is 7.84. The first-order chi connectivity index (χ1) is 16.2. The van der Waals surface area contributed by atoms with E-state index >= 15 is 0 Å². The third kappa shape index (κ3) is 7.90. The van der Waals surface area contributed by atoms with Gasteiger partial charge in [-0.3, -0.25) is 0 Å². The van der Waals surface area contributed by atoms with Crippen molar-refractivity contribution in [3.8, 4) is 11.5 Å². The molecule has 36 heavy (non-hydrogen) atoms. The van der Waals surface area contributed by atoms with E-state index in [9.17, 15) is 4.21 Å². The molecule has 0 spiro atoms. The number of para-hydroxylation sites is 1. The van der Waals surface area contributed by atoms with Crippen LogP contribution in [0.25, 0.3) is 0 Å². The lowest BCUT2D eigenvalue weighted by Gasteiger charge is -2.44. The van der Waals surface area contributed by atoms with Crippen LogP contribution in [0, 0.1) is 0 Å². The van der Waals surface area contributed by atoms with Gasteiger partial charge in [-0.25, -0.2) is 8.93 Å². The number of nitrogens with one attached hydrogen (secondary N) is 1. The maximum absolute atomic E-state index is 13.4. The predicted molar refractivity (Wildman–Crippen MR) is 156 cm³/mol. The van der Waals surface area contributed by atoms with Gasteiger partial charge in [0, 0.05) is 0 Å². The highest BCUT2D eigenvalue weighted by Gasteiger charge is 2.44. The van der Waals surface area contributed by atoms with Crippen molar-refractivity contribution in [2.24, 2.45) is 0 Å². The lowest BCUT2D eigenvalue weighted by Crippen LogP contribution is -2.56. The molecule has 3 unspecified atom stereocenters. The van der Waals surface area contributed by atoms with Gasteiger partial charge < -0.3 is 18.3 Å². The van der Waals surface area contributed by atoms with Crippen molar-refractivity contribution in [1.29, 1.82) is 0 Å². The molecule has 0 saturated heterocycles. The second-order valence-corrected chi connectivity index (χ2v) is 25.5. The molecule has 0 aliphatic carbocycles. The molecule has 1 aliphatic rings. The quantitative estimate of drug-likeness (QED) is 0.321. The van der Waals surface area contributed by atoms with Crippen molar-refractivity contribution in [3.63, 3.8) is 0 Å².